The van der Waals surface area contributed by atoms with Gasteiger partial charge in [0.1, 0.15) is 0 Å². The fourth-order valence-corrected chi connectivity index (χ4v) is 9.72. The monoisotopic (exact) mass is 821 g/mol. The first-order valence-electron chi connectivity index (χ1n) is 21.5. The maximum absolute atomic E-state index is 7.10. The minimum absolute atomic E-state index is 0.556. The van der Waals surface area contributed by atoms with Crippen LogP contribution in [-0.4, -0.2) is 9.97 Å². The second kappa shape index (κ2) is 15.1. The predicted octanol–water partition coefficient (Wildman–Crippen LogP) is 14.7. The van der Waals surface area contributed by atoms with E-state index in [0.29, 0.717) is 28.8 Å². The Morgan fingerprint density at radius 2 is 0.953 bits per heavy atom. The van der Waals surface area contributed by atoms with E-state index in [2.05, 4.69) is 176 Å². The lowest BCUT2D eigenvalue weighted by molar-refractivity contribution is 0.360. The third-order valence-corrected chi connectivity index (χ3v) is 12.6. The molecule has 10 aromatic rings. The van der Waals surface area contributed by atoms with Crippen LogP contribution in [0.25, 0.3) is 67.3 Å². The zero-order chi connectivity index (χ0) is 42.6. The predicted molar refractivity (Wildman–Crippen MR) is 258 cm³/mol. The summed E-state index contributed by atoms with van der Waals surface area (Å²) in [6, 6.07) is 77.8. The lowest BCUT2D eigenvalue weighted by Crippen LogP contribution is -2.28. The standard InChI is InChI=1S/C59H39N3O2/c60-45-25-15-19-40(35-45)39-18-14-20-42(34-39)58-61-51(38-16-4-1-5-17-38)37-52(62-58)47-27-11-10-26-46(47)41-30-32-53-55(36-41)64-57-54(63-53)33-31-50-56(57)48-28-12-13-29-49(48)59(50,43-21-6-2-7-22-43)44-23-8-3-9-24-44/h1-37H,60H2. The fraction of sp³-hybridized carbons (Fsp3) is 0.0169. The number of fused-ring (bicyclic) bond motifs is 6. The Morgan fingerprint density at radius 3 is 1.70 bits per heavy atom. The maximum Gasteiger partial charge on any atom is 0.178 e. The Balaban J connectivity index is 0.978. The van der Waals surface area contributed by atoms with Crippen molar-refractivity contribution in [3.63, 3.8) is 0 Å². The van der Waals surface area contributed by atoms with Crippen molar-refractivity contribution in [1.82, 2.24) is 9.97 Å². The summed E-state index contributed by atoms with van der Waals surface area (Å²) in [7, 11) is 0. The highest BCUT2D eigenvalue weighted by molar-refractivity contribution is 5.92. The fourth-order valence-electron chi connectivity index (χ4n) is 9.72. The van der Waals surface area contributed by atoms with Gasteiger partial charge in [0.05, 0.1) is 16.8 Å². The Hall–Kier alpha value is -8.54. The van der Waals surface area contributed by atoms with Crippen LogP contribution in [0.15, 0.2) is 224 Å². The average Bonchev–Trinajstić information content (AvgIpc) is 3.68. The van der Waals surface area contributed by atoms with Crippen molar-refractivity contribution in [3.8, 4) is 90.3 Å². The van der Waals surface area contributed by atoms with Gasteiger partial charge < -0.3 is 15.2 Å². The van der Waals surface area contributed by atoms with Crippen LogP contribution in [0.3, 0.4) is 0 Å². The number of rotatable bonds is 7. The molecule has 0 amide bonds. The number of anilines is 1. The molecule has 0 fully saturated rings. The van der Waals surface area contributed by atoms with Gasteiger partial charge in [-0.1, -0.05) is 182 Å². The van der Waals surface area contributed by atoms with Crippen molar-refractivity contribution in [2.45, 2.75) is 5.41 Å². The van der Waals surface area contributed by atoms with Crippen molar-refractivity contribution in [1.29, 1.82) is 0 Å². The molecule has 0 bridgehead atoms. The molecule has 302 valence electrons. The molecule has 1 aliphatic heterocycles. The van der Waals surface area contributed by atoms with Crippen LogP contribution in [-0.2, 0) is 5.41 Å². The van der Waals surface area contributed by atoms with Gasteiger partial charge in [-0.3, -0.25) is 0 Å². The summed E-state index contributed by atoms with van der Waals surface area (Å²) in [4.78, 5) is 10.4. The van der Waals surface area contributed by atoms with Gasteiger partial charge >= 0.3 is 0 Å². The number of nitrogens with zero attached hydrogens (tertiary/aromatic N) is 2. The highest BCUT2D eigenvalue weighted by Crippen LogP contribution is 2.62. The van der Waals surface area contributed by atoms with Gasteiger partial charge in [0.15, 0.2) is 28.8 Å². The van der Waals surface area contributed by atoms with Crippen LogP contribution in [0.5, 0.6) is 23.0 Å². The summed E-state index contributed by atoms with van der Waals surface area (Å²) >= 11 is 0. The summed E-state index contributed by atoms with van der Waals surface area (Å²) < 4.78 is 13.8. The van der Waals surface area contributed by atoms with Crippen molar-refractivity contribution >= 4 is 5.69 Å². The summed E-state index contributed by atoms with van der Waals surface area (Å²) in [5.74, 6) is 3.34. The van der Waals surface area contributed by atoms with Gasteiger partial charge in [-0.25, -0.2) is 9.97 Å². The summed E-state index contributed by atoms with van der Waals surface area (Å²) in [5.41, 5.74) is 21.9. The van der Waals surface area contributed by atoms with E-state index in [4.69, 9.17) is 25.2 Å². The van der Waals surface area contributed by atoms with Gasteiger partial charge in [-0.15, -0.1) is 0 Å². The van der Waals surface area contributed by atoms with Crippen LogP contribution in [0.1, 0.15) is 22.3 Å². The van der Waals surface area contributed by atoms with Gasteiger partial charge in [0.25, 0.3) is 0 Å². The van der Waals surface area contributed by atoms with E-state index in [-0.39, 0.29) is 0 Å². The van der Waals surface area contributed by atoms with E-state index in [1.165, 1.54) is 16.7 Å². The lowest BCUT2D eigenvalue weighted by atomic mass is 9.68. The van der Waals surface area contributed by atoms with E-state index < -0.39 is 5.41 Å². The number of nitrogens with two attached hydrogens (primary N) is 1. The van der Waals surface area contributed by atoms with Crippen LogP contribution in [0.4, 0.5) is 5.69 Å². The Labute approximate surface area is 371 Å². The molecule has 0 unspecified atom stereocenters. The normalized spacial score (nSPS) is 12.8. The second-order valence-corrected chi connectivity index (χ2v) is 16.3. The van der Waals surface area contributed by atoms with Crippen molar-refractivity contribution in [2.24, 2.45) is 0 Å². The molecular formula is C59H39N3O2. The molecule has 0 spiro atoms. The molecule has 5 heteroatoms. The molecule has 0 saturated heterocycles. The van der Waals surface area contributed by atoms with Crippen LogP contribution in [0.2, 0.25) is 0 Å². The molecule has 9 aromatic carbocycles. The molecule has 2 heterocycles. The molecule has 2 aliphatic rings. The Morgan fingerprint density at radius 1 is 0.359 bits per heavy atom. The van der Waals surface area contributed by atoms with Crippen LogP contribution < -0.4 is 15.2 Å². The molecule has 0 saturated carbocycles. The lowest BCUT2D eigenvalue weighted by Gasteiger charge is -2.34. The molecule has 1 aliphatic carbocycles. The van der Waals surface area contributed by atoms with Gasteiger partial charge in [0.2, 0.25) is 0 Å². The minimum Gasteiger partial charge on any atom is -0.449 e. The zero-order valence-electron chi connectivity index (χ0n) is 34.7. The number of ether oxygens (including phenoxy) is 2. The summed E-state index contributed by atoms with van der Waals surface area (Å²) in [5, 5.41) is 0. The number of benzene rings is 9. The third-order valence-electron chi connectivity index (χ3n) is 12.6. The molecule has 2 N–H and O–H groups in total. The Kier molecular flexibility index (Phi) is 8.80. The van der Waals surface area contributed by atoms with E-state index in [9.17, 15) is 0 Å². The molecule has 1 aromatic heterocycles. The summed E-state index contributed by atoms with van der Waals surface area (Å²) in [6.07, 6.45) is 0. The first-order chi connectivity index (χ1) is 31.6. The van der Waals surface area contributed by atoms with E-state index in [1.807, 2.05) is 48.5 Å². The van der Waals surface area contributed by atoms with Crippen molar-refractivity contribution in [3.05, 3.63) is 247 Å². The second-order valence-electron chi connectivity index (χ2n) is 16.3. The summed E-state index contributed by atoms with van der Waals surface area (Å²) in [6.45, 7) is 0. The van der Waals surface area contributed by atoms with Gasteiger partial charge in [0, 0.05) is 27.9 Å². The molecule has 64 heavy (non-hydrogen) atoms. The van der Waals surface area contributed by atoms with Gasteiger partial charge in [-0.2, -0.15) is 0 Å². The first-order valence-corrected chi connectivity index (χ1v) is 21.5. The van der Waals surface area contributed by atoms with E-state index >= 15 is 0 Å². The average molecular weight is 822 g/mol. The molecule has 12 rings (SSSR count). The highest BCUT2D eigenvalue weighted by atomic mass is 16.6. The number of hydrogen-bond donors (Lipinski definition) is 1. The van der Waals surface area contributed by atoms with Crippen molar-refractivity contribution in [2.75, 3.05) is 5.73 Å². The molecule has 5 nitrogen and oxygen atoms in total. The molecular weight excluding hydrogens is 783 g/mol. The smallest absolute Gasteiger partial charge is 0.178 e. The SMILES string of the molecule is Nc1cccc(-c2cccc(-c3nc(-c4ccccc4)cc(-c4ccccc4-c4ccc5c(c4)Oc4c(ccc6c4-c4ccccc4C6(c4ccccc4)c4ccccc4)O5)n3)c2)c1. The largest absolute Gasteiger partial charge is 0.449 e. The molecule has 0 atom stereocenters. The number of hydrogen-bond acceptors (Lipinski definition) is 5. The van der Waals surface area contributed by atoms with Crippen molar-refractivity contribution < 1.29 is 9.47 Å². The van der Waals surface area contributed by atoms with E-state index in [1.54, 1.807) is 0 Å². The van der Waals surface area contributed by atoms with Crippen LogP contribution in [0, 0.1) is 0 Å². The topological polar surface area (TPSA) is 70.3 Å². The highest BCUT2D eigenvalue weighted by Gasteiger charge is 2.48. The zero-order valence-corrected chi connectivity index (χ0v) is 34.7. The third kappa shape index (κ3) is 6.09. The maximum atomic E-state index is 7.10. The first kappa shape index (κ1) is 37.2. The number of nitrogen functional groups attached to an aromatic ring is 1. The van der Waals surface area contributed by atoms with E-state index in [0.717, 1.165) is 72.7 Å². The minimum atomic E-state index is -0.556. The van der Waals surface area contributed by atoms with Gasteiger partial charge in [-0.05, 0) is 92.5 Å². The Bertz CT molecular complexity index is 3360. The number of aromatic nitrogens is 2. The quantitative estimate of drug-likeness (QED) is 0.162. The molecule has 0 radical (unpaired) electrons. The van der Waals surface area contributed by atoms with Crippen LogP contribution >= 0.6 is 0 Å².